The van der Waals surface area contributed by atoms with Gasteiger partial charge in [0.05, 0.1) is 16.8 Å². The third-order valence-corrected chi connectivity index (χ3v) is 8.44. The van der Waals surface area contributed by atoms with Gasteiger partial charge in [-0.05, 0) is 61.4 Å². The maximum Gasteiger partial charge on any atom is 0.418 e. The highest BCUT2D eigenvalue weighted by molar-refractivity contribution is 5.58. The number of aryl methyl sites for hydroxylation is 1. The summed E-state index contributed by atoms with van der Waals surface area (Å²) < 4.78 is 60.7. The van der Waals surface area contributed by atoms with Gasteiger partial charge in [0.1, 0.15) is 18.3 Å². The number of alkyl halides is 4. The molecule has 39 heavy (non-hydrogen) atoms. The monoisotopic (exact) mass is 542 g/mol. The first-order valence-electron chi connectivity index (χ1n) is 13.3. The Labute approximate surface area is 222 Å². The van der Waals surface area contributed by atoms with Crippen LogP contribution in [0.3, 0.4) is 0 Å². The second kappa shape index (κ2) is 9.62. The molecule has 4 aromatic rings. The molecule has 3 atom stereocenters. The highest BCUT2D eigenvalue weighted by Gasteiger charge is 2.36. The summed E-state index contributed by atoms with van der Waals surface area (Å²) in [5.41, 5.74) is 0.0461. The van der Waals surface area contributed by atoms with Gasteiger partial charge in [-0.1, -0.05) is 18.6 Å². The van der Waals surface area contributed by atoms with E-state index in [0.29, 0.717) is 30.1 Å². The van der Waals surface area contributed by atoms with Crippen LogP contribution >= 0.6 is 0 Å². The third kappa shape index (κ3) is 4.56. The fourth-order valence-corrected chi connectivity index (χ4v) is 6.00. The van der Waals surface area contributed by atoms with Crippen molar-refractivity contribution in [2.45, 2.75) is 56.9 Å². The Morgan fingerprint density at radius 1 is 1.08 bits per heavy atom. The number of fused-ring (bicyclic) bond motifs is 1. The standard InChI is InChI=1S/C28H30F4N6O/c1-17(36-10-9-21(29)14-36)20-12-23(28(30,31)32)24-15-37(27(39)38(24)13-20)22-8-4-7-19(11-22)25(18-5-3-6-18)26-34-33-16-35(26)2/h4,7-8,11-13,15-18,21,25H,3,5-6,9-10,14H2,1-2H3/t17-,21-,25+/m0/s1. The molecule has 0 bridgehead atoms. The molecule has 7 nitrogen and oxygen atoms in total. The normalized spacial score (nSPS) is 20.4. The number of nitrogens with zero attached hydrogens (tertiary/aromatic N) is 6. The van der Waals surface area contributed by atoms with Gasteiger partial charge in [0.15, 0.2) is 0 Å². The molecule has 2 aliphatic rings. The predicted octanol–water partition coefficient (Wildman–Crippen LogP) is 5.27. The van der Waals surface area contributed by atoms with Crippen molar-refractivity contribution in [3.05, 3.63) is 82.1 Å². The molecule has 0 unspecified atom stereocenters. The number of likely N-dealkylation sites (tertiary alicyclic amines) is 1. The lowest BCUT2D eigenvalue weighted by Crippen LogP contribution is -2.26. The van der Waals surface area contributed by atoms with Crippen molar-refractivity contribution in [1.29, 1.82) is 0 Å². The molecule has 2 fully saturated rings. The average molecular weight is 543 g/mol. The molecule has 1 aromatic carbocycles. The van der Waals surface area contributed by atoms with Gasteiger partial charge >= 0.3 is 11.9 Å². The van der Waals surface area contributed by atoms with E-state index in [0.717, 1.165) is 41.1 Å². The molecule has 1 saturated carbocycles. The summed E-state index contributed by atoms with van der Waals surface area (Å²) in [6, 6.07) is 8.00. The zero-order valence-electron chi connectivity index (χ0n) is 21.8. The van der Waals surface area contributed by atoms with Crippen LogP contribution in [0.2, 0.25) is 0 Å². The van der Waals surface area contributed by atoms with Crippen molar-refractivity contribution in [1.82, 2.24) is 28.6 Å². The Morgan fingerprint density at radius 3 is 2.49 bits per heavy atom. The zero-order chi connectivity index (χ0) is 27.5. The van der Waals surface area contributed by atoms with Crippen LogP contribution in [-0.4, -0.2) is 47.9 Å². The minimum Gasteiger partial charge on any atom is -0.320 e. The van der Waals surface area contributed by atoms with Gasteiger partial charge in [-0.2, -0.15) is 13.2 Å². The molecule has 1 aliphatic carbocycles. The van der Waals surface area contributed by atoms with Crippen LogP contribution in [0.1, 0.15) is 67.1 Å². The van der Waals surface area contributed by atoms with Crippen LogP contribution in [0.4, 0.5) is 17.6 Å². The third-order valence-electron chi connectivity index (χ3n) is 8.44. The van der Waals surface area contributed by atoms with Crippen LogP contribution in [0.5, 0.6) is 0 Å². The fourth-order valence-electron chi connectivity index (χ4n) is 6.00. The summed E-state index contributed by atoms with van der Waals surface area (Å²) in [6.07, 6.45) is 2.28. The van der Waals surface area contributed by atoms with Crippen molar-refractivity contribution >= 4 is 5.52 Å². The molecule has 6 rings (SSSR count). The number of hydrogen-bond donors (Lipinski definition) is 0. The average Bonchev–Trinajstić information content (AvgIpc) is 3.58. The summed E-state index contributed by atoms with van der Waals surface area (Å²) in [5, 5.41) is 8.38. The lowest BCUT2D eigenvalue weighted by molar-refractivity contribution is -0.136. The lowest BCUT2D eigenvalue weighted by atomic mass is 9.72. The molecule has 206 valence electrons. The number of imidazole rings is 1. The first kappa shape index (κ1) is 25.8. The largest absolute Gasteiger partial charge is 0.418 e. The van der Waals surface area contributed by atoms with E-state index in [1.165, 1.54) is 17.0 Å². The highest BCUT2D eigenvalue weighted by Crippen LogP contribution is 2.43. The van der Waals surface area contributed by atoms with E-state index >= 15 is 0 Å². The molecule has 3 aromatic heterocycles. The Morgan fingerprint density at radius 2 is 1.87 bits per heavy atom. The Bertz CT molecular complexity index is 1570. The van der Waals surface area contributed by atoms with E-state index in [-0.39, 0.29) is 18.0 Å². The van der Waals surface area contributed by atoms with Gasteiger partial charge in [-0.15, -0.1) is 10.2 Å². The van der Waals surface area contributed by atoms with Crippen LogP contribution in [-0.2, 0) is 13.2 Å². The molecule has 0 amide bonds. The van der Waals surface area contributed by atoms with Crippen LogP contribution in [0, 0.1) is 5.92 Å². The number of aromatic nitrogens is 5. The molecule has 4 heterocycles. The topological polar surface area (TPSA) is 60.4 Å². The summed E-state index contributed by atoms with van der Waals surface area (Å²) in [4.78, 5) is 15.4. The van der Waals surface area contributed by atoms with Crippen molar-refractivity contribution in [2.75, 3.05) is 13.1 Å². The van der Waals surface area contributed by atoms with E-state index in [2.05, 4.69) is 10.2 Å². The summed E-state index contributed by atoms with van der Waals surface area (Å²) in [7, 11) is 1.89. The molecule has 0 spiro atoms. The maximum absolute atomic E-state index is 14.2. The smallest absolute Gasteiger partial charge is 0.320 e. The van der Waals surface area contributed by atoms with E-state index < -0.39 is 29.6 Å². The second-order valence-electron chi connectivity index (χ2n) is 10.8. The molecule has 11 heteroatoms. The number of pyridine rings is 1. The van der Waals surface area contributed by atoms with E-state index in [1.807, 2.05) is 34.7 Å². The Hall–Kier alpha value is -3.47. The number of halogens is 4. The summed E-state index contributed by atoms with van der Waals surface area (Å²) >= 11 is 0. The van der Waals surface area contributed by atoms with Gasteiger partial charge in [-0.25, -0.2) is 9.18 Å². The number of hydrogen-bond acceptors (Lipinski definition) is 4. The lowest BCUT2D eigenvalue weighted by Gasteiger charge is -2.33. The first-order valence-corrected chi connectivity index (χ1v) is 13.3. The van der Waals surface area contributed by atoms with E-state index in [1.54, 1.807) is 19.3 Å². The Balaban J connectivity index is 1.45. The molecule has 1 saturated heterocycles. The van der Waals surface area contributed by atoms with Crippen LogP contribution in [0.25, 0.3) is 11.2 Å². The molecular formula is C28H30F4N6O. The van der Waals surface area contributed by atoms with Crippen molar-refractivity contribution < 1.29 is 17.6 Å². The minimum absolute atomic E-state index is 0.0306. The van der Waals surface area contributed by atoms with Crippen LogP contribution < -0.4 is 5.69 Å². The van der Waals surface area contributed by atoms with Gasteiger partial charge in [0.25, 0.3) is 0 Å². The maximum atomic E-state index is 14.2. The van der Waals surface area contributed by atoms with Crippen molar-refractivity contribution in [2.24, 2.45) is 13.0 Å². The van der Waals surface area contributed by atoms with Gasteiger partial charge in [0, 0.05) is 44.5 Å². The van der Waals surface area contributed by atoms with Gasteiger partial charge in [0.2, 0.25) is 0 Å². The minimum atomic E-state index is -4.67. The first-order chi connectivity index (χ1) is 18.6. The van der Waals surface area contributed by atoms with Crippen LogP contribution in [0.15, 0.2) is 53.8 Å². The van der Waals surface area contributed by atoms with Crippen molar-refractivity contribution in [3.63, 3.8) is 0 Å². The van der Waals surface area contributed by atoms with Gasteiger partial charge in [-0.3, -0.25) is 13.9 Å². The second-order valence-corrected chi connectivity index (χ2v) is 10.8. The SMILES string of the molecule is C[C@@H](c1cc(C(F)(F)F)c2cn(-c3cccc([C@H](c4nncn4C)C4CCC4)c3)c(=O)n2c1)N1CC[C@H](F)C1. The molecule has 0 N–H and O–H groups in total. The Kier molecular flexibility index (Phi) is 6.36. The van der Waals surface area contributed by atoms with E-state index in [4.69, 9.17) is 0 Å². The summed E-state index contributed by atoms with van der Waals surface area (Å²) in [6.45, 7) is 2.37. The van der Waals surface area contributed by atoms with E-state index in [9.17, 15) is 22.4 Å². The zero-order valence-corrected chi connectivity index (χ0v) is 21.8. The predicted molar refractivity (Wildman–Crippen MR) is 138 cm³/mol. The summed E-state index contributed by atoms with van der Waals surface area (Å²) in [5.74, 6) is 1.17. The quantitative estimate of drug-likeness (QED) is 0.312. The van der Waals surface area contributed by atoms with Crippen molar-refractivity contribution in [3.8, 4) is 5.69 Å². The molecule has 0 radical (unpaired) electrons. The molecule has 1 aliphatic heterocycles. The molecular weight excluding hydrogens is 512 g/mol. The number of rotatable bonds is 6. The fraction of sp³-hybridized carbons (Fsp3) is 0.464. The van der Waals surface area contributed by atoms with Gasteiger partial charge < -0.3 is 4.57 Å². The number of benzene rings is 1. The highest BCUT2D eigenvalue weighted by atomic mass is 19.4.